The summed E-state index contributed by atoms with van der Waals surface area (Å²) in [6.07, 6.45) is 0. The number of amidine groups is 1. The largest absolute Gasteiger partial charge is 0.497 e. The Kier molecular flexibility index (Phi) is 4.81. The molecular weight excluding hydrogens is 318 g/mol. The second kappa shape index (κ2) is 6.88. The maximum absolute atomic E-state index is 11.9. The average molecular weight is 343 g/mol. The number of carboxylic acids is 1. The number of piperazine rings is 1. The lowest BCUT2D eigenvalue weighted by Crippen LogP contribution is -2.58. The number of hydrogen-bond donors (Lipinski definition) is 1. The summed E-state index contributed by atoms with van der Waals surface area (Å²) in [5.41, 5.74) is 3.37. The number of methoxy groups -OCH3 is 1. The van der Waals surface area contributed by atoms with Crippen molar-refractivity contribution in [3.05, 3.63) is 41.1 Å². The van der Waals surface area contributed by atoms with Gasteiger partial charge in [-0.15, -0.1) is 0 Å². The van der Waals surface area contributed by atoms with E-state index in [9.17, 15) is 9.90 Å². The van der Waals surface area contributed by atoms with Gasteiger partial charge in [-0.3, -0.25) is 9.89 Å². The molecule has 0 spiro atoms. The van der Waals surface area contributed by atoms with E-state index in [0.717, 1.165) is 35.0 Å². The lowest BCUT2D eigenvalue weighted by molar-refractivity contribution is -0.143. The molecule has 0 amide bonds. The first-order valence-electron chi connectivity index (χ1n) is 8.52. The summed E-state index contributed by atoms with van der Waals surface area (Å²) in [5, 5.41) is 9.74. The van der Waals surface area contributed by atoms with E-state index in [0.29, 0.717) is 13.1 Å². The predicted octanol–water partition coefficient (Wildman–Crippen LogP) is 2.36. The first kappa shape index (κ1) is 17.5. The molecule has 3 rings (SSSR count). The monoisotopic (exact) mass is 343 g/mol. The first-order chi connectivity index (χ1) is 11.9. The number of benzene rings is 1. The SMILES string of the molecule is COc1ccc(CN2CC3=C(C)[C@H](C)N=C(C)N3[C@@H](C(=O)O)C2)cc1. The van der Waals surface area contributed by atoms with Gasteiger partial charge in [0.2, 0.25) is 0 Å². The van der Waals surface area contributed by atoms with Crippen LogP contribution in [-0.4, -0.2) is 59.0 Å². The number of ether oxygens (including phenoxy) is 1. The molecule has 0 radical (unpaired) electrons. The molecule has 1 aromatic rings. The number of hydrogen-bond acceptors (Lipinski definition) is 5. The summed E-state index contributed by atoms with van der Waals surface area (Å²) >= 11 is 0. The van der Waals surface area contributed by atoms with Crippen molar-refractivity contribution in [2.75, 3.05) is 20.2 Å². The molecular formula is C19H25N3O3. The van der Waals surface area contributed by atoms with E-state index in [1.807, 2.05) is 36.1 Å². The molecule has 0 bridgehead atoms. The molecule has 2 aliphatic rings. The van der Waals surface area contributed by atoms with Crippen LogP contribution in [0.3, 0.4) is 0 Å². The van der Waals surface area contributed by atoms with Crippen molar-refractivity contribution < 1.29 is 14.6 Å². The molecule has 1 N–H and O–H groups in total. The Balaban J connectivity index is 1.85. The van der Waals surface area contributed by atoms with Crippen molar-refractivity contribution >= 4 is 11.8 Å². The third-order valence-electron chi connectivity index (χ3n) is 5.07. The summed E-state index contributed by atoms with van der Waals surface area (Å²) in [6.45, 7) is 7.93. The zero-order valence-electron chi connectivity index (χ0n) is 15.2. The van der Waals surface area contributed by atoms with Crippen LogP contribution < -0.4 is 4.74 Å². The van der Waals surface area contributed by atoms with Gasteiger partial charge in [0.15, 0.2) is 0 Å². The van der Waals surface area contributed by atoms with E-state index in [1.165, 1.54) is 0 Å². The number of nitrogens with zero attached hydrogens (tertiary/aromatic N) is 3. The van der Waals surface area contributed by atoms with E-state index in [1.54, 1.807) is 7.11 Å². The lowest BCUT2D eigenvalue weighted by atomic mass is 9.99. The van der Waals surface area contributed by atoms with Crippen molar-refractivity contribution in [2.45, 2.75) is 39.4 Å². The quantitative estimate of drug-likeness (QED) is 0.909. The van der Waals surface area contributed by atoms with Gasteiger partial charge in [-0.25, -0.2) is 4.79 Å². The Morgan fingerprint density at radius 2 is 2.00 bits per heavy atom. The van der Waals surface area contributed by atoms with E-state index in [2.05, 4.69) is 23.7 Å². The maximum Gasteiger partial charge on any atom is 0.328 e. The molecule has 2 atom stereocenters. The van der Waals surface area contributed by atoms with Gasteiger partial charge in [-0.2, -0.15) is 0 Å². The Labute approximate surface area is 148 Å². The average Bonchev–Trinajstić information content (AvgIpc) is 2.59. The summed E-state index contributed by atoms with van der Waals surface area (Å²) in [4.78, 5) is 20.6. The first-order valence-corrected chi connectivity index (χ1v) is 8.52. The van der Waals surface area contributed by atoms with Crippen molar-refractivity contribution in [3.63, 3.8) is 0 Å². The highest BCUT2D eigenvalue weighted by Crippen LogP contribution is 2.30. The summed E-state index contributed by atoms with van der Waals surface area (Å²) in [7, 11) is 1.65. The van der Waals surface area contributed by atoms with Gasteiger partial charge in [0.1, 0.15) is 17.6 Å². The minimum absolute atomic E-state index is 0.0987. The van der Waals surface area contributed by atoms with E-state index in [-0.39, 0.29) is 6.04 Å². The molecule has 6 heteroatoms. The Morgan fingerprint density at radius 1 is 1.32 bits per heavy atom. The number of fused-ring (bicyclic) bond motifs is 1. The molecule has 1 fully saturated rings. The molecule has 1 aromatic carbocycles. The molecule has 0 aromatic heterocycles. The number of carbonyl (C=O) groups is 1. The standard InChI is InChI=1S/C19H25N3O3/c1-12-13(2)20-14(3)22-17(12)10-21(11-18(22)19(23)24)9-15-5-7-16(25-4)8-6-15/h5-8,13,18H,9-11H2,1-4H3,(H,23,24)/t13-,18+/m0/s1. The minimum atomic E-state index is -0.811. The molecule has 6 nitrogen and oxygen atoms in total. The van der Waals surface area contributed by atoms with Gasteiger partial charge in [0.05, 0.1) is 13.2 Å². The van der Waals surface area contributed by atoms with Crippen LogP contribution in [0.5, 0.6) is 5.75 Å². The van der Waals surface area contributed by atoms with Crippen molar-refractivity contribution in [1.82, 2.24) is 9.80 Å². The summed E-state index contributed by atoms with van der Waals surface area (Å²) < 4.78 is 5.20. The fraction of sp³-hybridized carbons (Fsp3) is 0.474. The van der Waals surface area contributed by atoms with Crippen LogP contribution in [0.2, 0.25) is 0 Å². The van der Waals surface area contributed by atoms with Gasteiger partial charge in [-0.1, -0.05) is 12.1 Å². The highest BCUT2D eigenvalue weighted by molar-refractivity contribution is 5.89. The molecule has 25 heavy (non-hydrogen) atoms. The Hall–Kier alpha value is -2.34. The minimum Gasteiger partial charge on any atom is -0.497 e. The second-order valence-electron chi connectivity index (χ2n) is 6.72. The fourth-order valence-electron chi connectivity index (χ4n) is 3.58. The number of aliphatic imine (C=N–C) groups is 1. The van der Waals surface area contributed by atoms with Gasteiger partial charge in [0, 0.05) is 25.3 Å². The van der Waals surface area contributed by atoms with Crippen LogP contribution in [0.1, 0.15) is 26.3 Å². The molecule has 0 saturated carbocycles. The number of aliphatic carboxylic acids is 1. The number of carboxylic acid groups (broad SMARTS) is 1. The van der Waals surface area contributed by atoms with Crippen molar-refractivity contribution in [2.24, 2.45) is 4.99 Å². The highest BCUT2D eigenvalue weighted by Gasteiger charge is 2.39. The van der Waals surface area contributed by atoms with Crippen molar-refractivity contribution in [1.29, 1.82) is 0 Å². The molecule has 0 unspecified atom stereocenters. The van der Waals surface area contributed by atoms with E-state index in [4.69, 9.17) is 4.74 Å². The maximum atomic E-state index is 11.9. The number of rotatable bonds is 4. The topological polar surface area (TPSA) is 65.4 Å². The van der Waals surface area contributed by atoms with Crippen LogP contribution >= 0.6 is 0 Å². The third kappa shape index (κ3) is 3.39. The van der Waals surface area contributed by atoms with Crippen LogP contribution in [0.25, 0.3) is 0 Å². The van der Waals surface area contributed by atoms with Gasteiger partial charge < -0.3 is 14.7 Å². The highest BCUT2D eigenvalue weighted by atomic mass is 16.5. The lowest BCUT2D eigenvalue weighted by Gasteiger charge is -2.45. The Morgan fingerprint density at radius 3 is 2.60 bits per heavy atom. The fourth-order valence-corrected chi connectivity index (χ4v) is 3.58. The van der Waals surface area contributed by atoms with Gasteiger partial charge in [-0.05, 0) is 44.0 Å². The van der Waals surface area contributed by atoms with Gasteiger partial charge >= 0.3 is 5.97 Å². The zero-order valence-corrected chi connectivity index (χ0v) is 15.2. The van der Waals surface area contributed by atoms with Crippen LogP contribution in [-0.2, 0) is 11.3 Å². The predicted molar refractivity (Wildman–Crippen MR) is 96.8 cm³/mol. The smallest absolute Gasteiger partial charge is 0.328 e. The molecule has 1 saturated heterocycles. The Bertz CT molecular complexity index is 724. The van der Waals surface area contributed by atoms with Crippen LogP contribution in [0.15, 0.2) is 40.5 Å². The van der Waals surface area contributed by atoms with Gasteiger partial charge in [0.25, 0.3) is 0 Å². The molecule has 2 heterocycles. The van der Waals surface area contributed by atoms with E-state index < -0.39 is 12.0 Å². The summed E-state index contributed by atoms with van der Waals surface area (Å²) in [6, 6.07) is 7.42. The van der Waals surface area contributed by atoms with Crippen molar-refractivity contribution in [3.8, 4) is 5.75 Å². The third-order valence-corrected chi connectivity index (χ3v) is 5.07. The van der Waals surface area contributed by atoms with E-state index >= 15 is 0 Å². The van der Waals surface area contributed by atoms with Crippen LogP contribution in [0, 0.1) is 0 Å². The zero-order chi connectivity index (χ0) is 18.1. The normalized spacial score (nSPS) is 24.0. The molecule has 0 aliphatic carbocycles. The van der Waals surface area contributed by atoms with Crippen LogP contribution in [0.4, 0.5) is 0 Å². The second-order valence-corrected chi connectivity index (χ2v) is 6.72. The molecule has 2 aliphatic heterocycles. The summed E-state index contributed by atoms with van der Waals surface area (Å²) in [5.74, 6) is 0.807. The molecule has 134 valence electrons.